The predicted octanol–water partition coefficient (Wildman–Crippen LogP) is 3.52. The van der Waals surface area contributed by atoms with Crippen molar-refractivity contribution in [2.45, 2.75) is 45.1 Å². The van der Waals surface area contributed by atoms with Crippen LogP contribution in [0, 0.1) is 5.92 Å². The van der Waals surface area contributed by atoms with Gasteiger partial charge in [0.25, 0.3) is 0 Å². The molecule has 0 bridgehead atoms. The summed E-state index contributed by atoms with van der Waals surface area (Å²) in [6.45, 7) is 1.43. The number of carbonyl (C=O) groups excluding carboxylic acids is 1. The summed E-state index contributed by atoms with van der Waals surface area (Å²) in [5.74, 6) is 0.918. The van der Waals surface area contributed by atoms with Gasteiger partial charge in [0, 0.05) is 11.4 Å². The molecule has 0 spiro atoms. The Morgan fingerprint density at radius 3 is 2.89 bits per heavy atom. The average Bonchev–Trinajstić information content (AvgIpc) is 3.04. The molecule has 4 heteroatoms. The van der Waals surface area contributed by atoms with Gasteiger partial charge in [-0.25, -0.2) is 4.79 Å². The van der Waals surface area contributed by atoms with Crippen molar-refractivity contribution < 1.29 is 4.79 Å². The Morgan fingerprint density at radius 1 is 1.33 bits per heavy atom. The van der Waals surface area contributed by atoms with Gasteiger partial charge in [-0.1, -0.05) is 31.7 Å². The molecule has 0 radical (unpaired) electrons. The molecule has 2 rings (SSSR count). The van der Waals surface area contributed by atoms with E-state index in [4.69, 9.17) is 0 Å². The van der Waals surface area contributed by atoms with Crippen LogP contribution in [0.2, 0.25) is 0 Å². The molecule has 0 atom stereocenters. The van der Waals surface area contributed by atoms with Crippen LogP contribution in [0.15, 0.2) is 17.5 Å². The van der Waals surface area contributed by atoms with Crippen LogP contribution in [0.5, 0.6) is 0 Å². The first-order valence-corrected chi connectivity index (χ1v) is 7.76. The van der Waals surface area contributed by atoms with Crippen LogP contribution in [-0.2, 0) is 6.54 Å². The van der Waals surface area contributed by atoms with Gasteiger partial charge in [0.2, 0.25) is 0 Å². The van der Waals surface area contributed by atoms with Crippen LogP contribution < -0.4 is 10.6 Å². The number of rotatable bonds is 6. The highest BCUT2D eigenvalue weighted by atomic mass is 32.1. The topological polar surface area (TPSA) is 41.1 Å². The maximum atomic E-state index is 11.5. The number of nitrogens with one attached hydrogen (secondary N) is 2. The monoisotopic (exact) mass is 266 g/mol. The van der Waals surface area contributed by atoms with Crippen molar-refractivity contribution in [2.24, 2.45) is 5.92 Å². The molecule has 0 saturated heterocycles. The molecule has 0 unspecified atom stereocenters. The van der Waals surface area contributed by atoms with E-state index in [0.29, 0.717) is 6.54 Å². The van der Waals surface area contributed by atoms with Gasteiger partial charge >= 0.3 is 6.03 Å². The van der Waals surface area contributed by atoms with Crippen LogP contribution in [-0.4, -0.2) is 12.6 Å². The molecule has 1 aliphatic carbocycles. The zero-order valence-electron chi connectivity index (χ0n) is 10.8. The number of hydrogen-bond donors (Lipinski definition) is 2. The molecule has 1 aliphatic rings. The summed E-state index contributed by atoms with van der Waals surface area (Å²) in [4.78, 5) is 12.7. The normalized spacial score (nSPS) is 15.8. The third-order valence-electron chi connectivity index (χ3n) is 3.55. The summed E-state index contributed by atoms with van der Waals surface area (Å²) >= 11 is 1.67. The van der Waals surface area contributed by atoms with Gasteiger partial charge in [0.15, 0.2) is 0 Å². The molecule has 18 heavy (non-hydrogen) atoms. The Labute approximate surface area is 113 Å². The number of hydrogen-bond acceptors (Lipinski definition) is 2. The lowest BCUT2D eigenvalue weighted by Crippen LogP contribution is -2.35. The molecule has 1 heterocycles. The Bertz CT molecular complexity index is 345. The lowest BCUT2D eigenvalue weighted by atomic mass is 10.0. The molecule has 1 saturated carbocycles. The highest BCUT2D eigenvalue weighted by Gasteiger charge is 2.14. The fourth-order valence-electron chi connectivity index (χ4n) is 2.53. The highest BCUT2D eigenvalue weighted by Crippen LogP contribution is 2.28. The molecule has 2 amide bonds. The second kappa shape index (κ2) is 7.41. The number of urea groups is 1. The van der Waals surface area contributed by atoms with Crippen LogP contribution in [0.3, 0.4) is 0 Å². The second-order valence-electron chi connectivity index (χ2n) is 4.98. The summed E-state index contributed by atoms with van der Waals surface area (Å²) in [7, 11) is 0. The quantitative estimate of drug-likeness (QED) is 0.760. The van der Waals surface area contributed by atoms with Crippen molar-refractivity contribution in [3.63, 3.8) is 0 Å². The number of amides is 2. The van der Waals surface area contributed by atoms with Crippen molar-refractivity contribution in [1.82, 2.24) is 10.6 Å². The van der Waals surface area contributed by atoms with Crippen molar-refractivity contribution in [3.8, 4) is 0 Å². The molecule has 3 nitrogen and oxygen atoms in total. The van der Waals surface area contributed by atoms with Crippen LogP contribution in [0.4, 0.5) is 4.79 Å². The zero-order valence-corrected chi connectivity index (χ0v) is 11.6. The largest absolute Gasteiger partial charge is 0.338 e. The maximum Gasteiger partial charge on any atom is 0.315 e. The van der Waals surface area contributed by atoms with E-state index in [-0.39, 0.29) is 6.03 Å². The highest BCUT2D eigenvalue weighted by molar-refractivity contribution is 7.09. The minimum atomic E-state index is -0.0465. The van der Waals surface area contributed by atoms with Crippen molar-refractivity contribution in [3.05, 3.63) is 22.4 Å². The average molecular weight is 266 g/mol. The Hall–Kier alpha value is -1.03. The Balaban J connectivity index is 1.49. The number of carbonyl (C=O) groups is 1. The van der Waals surface area contributed by atoms with Crippen molar-refractivity contribution >= 4 is 17.4 Å². The van der Waals surface area contributed by atoms with E-state index < -0.39 is 0 Å². The van der Waals surface area contributed by atoms with Crippen LogP contribution >= 0.6 is 11.3 Å². The summed E-state index contributed by atoms with van der Waals surface area (Å²) in [5.41, 5.74) is 0. The summed E-state index contributed by atoms with van der Waals surface area (Å²) in [6.07, 6.45) is 7.97. The smallest absolute Gasteiger partial charge is 0.315 e. The maximum absolute atomic E-state index is 11.5. The molecule has 1 aromatic heterocycles. The van der Waals surface area contributed by atoms with Gasteiger partial charge < -0.3 is 10.6 Å². The molecule has 0 aromatic carbocycles. The second-order valence-corrected chi connectivity index (χ2v) is 6.01. The minimum absolute atomic E-state index is 0.0465. The van der Waals surface area contributed by atoms with E-state index >= 15 is 0 Å². The minimum Gasteiger partial charge on any atom is -0.338 e. The van der Waals surface area contributed by atoms with E-state index in [2.05, 4.69) is 10.6 Å². The lowest BCUT2D eigenvalue weighted by Gasteiger charge is -2.09. The van der Waals surface area contributed by atoms with Crippen molar-refractivity contribution in [2.75, 3.05) is 6.54 Å². The molecule has 100 valence electrons. The summed E-state index contributed by atoms with van der Waals surface area (Å²) in [5, 5.41) is 7.82. The van der Waals surface area contributed by atoms with Gasteiger partial charge in [-0.3, -0.25) is 0 Å². The molecular weight excluding hydrogens is 244 g/mol. The third-order valence-corrected chi connectivity index (χ3v) is 4.43. The fraction of sp³-hybridized carbons (Fsp3) is 0.643. The first-order valence-electron chi connectivity index (χ1n) is 6.88. The SMILES string of the molecule is O=C(NCCCC1CCCC1)NCc1cccs1. The van der Waals surface area contributed by atoms with E-state index in [1.807, 2.05) is 17.5 Å². The first-order chi connectivity index (χ1) is 8.84. The summed E-state index contributed by atoms with van der Waals surface area (Å²) in [6, 6.07) is 3.99. The van der Waals surface area contributed by atoms with E-state index in [9.17, 15) is 4.79 Å². The lowest BCUT2D eigenvalue weighted by molar-refractivity contribution is 0.240. The van der Waals surface area contributed by atoms with E-state index in [1.165, 1.54) is 37.0 Å². The van der Waals surface area contributed by atoms with Crippen LogP contribution in [0.25, 0.3) is 0 Å². The molecule has 2 N–H and O–H groups in total. The standard InChI is InChI=1S/C14H22N2OS/c17-14(16-11-13-8-4-10-18-13)15-9-3-7-12-5-1-2-6-12/h4,8,10,12H,1-3,5-7,9,11H2,(H2,15,16,17). The third kappa shape index (κ3) is 4.69. The van der Waals surface area contributed by atoms with Gasteiger partial charge in [0.05, 0.1) is 6.54 Å². The molecule has 1 aromatic rings. The van der Waals surface area contributed by atoms with Gasteiger partial charge in [-0.2, -0.15) is 0 Å². The van der Waals surface area contributed by atoms with E-state index in [0.717, 1.165) is 18.9 Å². The molecule has 1 fully saturated rings. The Morgan fingerprint density at radius 2 is 2.17 bits per heavy atom. The van der Waals surface area contributed by atoms with Gasteiger partial charge in [-0.05, 0) is 30.2 Å². The van der Waals surface area contributed by atoms with Crippen molar-refractivity contribution in [1.29, 1.82) is 0 Å². The van der Waals surface area contributed by atoms with E-state index in [1.54, 1.807) is 11.3 Å². The van der Waals surface area contributed by atoms with Crippen LogP contribution in [0.1, 0.15) is 43.4 Å². The number of thiophene rings is 1. The van der Waals surface area contributed by atoms with Gasteiger partial charge in [0.1, 0.15) is 0 Å². The molecule has 0 aliphatic heterocycles. The fourth-order valence-corrected chi connectivity index (χ4v) is 3.18. The first kappa shape index (κ1) is 13.4. The Kier molecular flexibility index (Phi) is 5.52. The predicted molar refractivity (Wildman–Crippen MR) is 75.7 cm³/mol. The zero-order chi connectivity index (χ0) is 12.6. The van der Waals surface area contributed by atoms with Gasteiger partial charge in [-0.15, -0.1) is 11.3 Å². The molecular formula is C14H22N2OS. The summed E-state index contributed by atoms with van der Waals surface area (Å²) < 4.78 is 0.